The zero-order valence-corrected chi connectivity index (χ0v) is 18.0. The monoisotopic (exact) mass is 454 g/mol. The summed E-state index contributed by atoms with van der Waals surface area (Å²) in [4.78, 5) is 5.24. The first kappa shape index (κ1) is 19.6. The molecule has 0 aliphatic carbocycles. The van der Waals surface area contributed by atoms with Crippen molar-refractivity contribution in [3.05, 3.63) is 48.5 Å². The van der Waals surface area contributed by atoms with Crippen molar-refractivity contribution < 1.29 is 28.5 Å². The summed E-state index contributed by atoms with van der Waals surface area (Å²) in [5.74, 6) is 0. The van der Waals surface area contributed by atoms with Crippen molar-refractivity contribution in [2.24, 2.45) is 0 Å². The molecule has 0 bridgehead atoms. The lowest BCUT2D eigenvalue weighted by Gasteiger charge is -2.42. The molecular weight excluding hydrogens is 427 g/mol. The summed E-state index contributed by atoms with van der Waals surface area (Å²) in [6.07, 6.45) is 0. The number of nitrogens with zero attached hydrogens (tertiary/aromatic N) is 2. The summed E-state index contributed by atoms with van der Waals surface area (Å²) < 4.78 is 1.11. The number of rotatable bonds is 5. The van der Waals surface area contributed by atoms with Crippen LogP contribution in [0.2, 0.25) is 0 Å². The molecule has 130 valence electrons. The van der Waals surface area contributed by atoms with Gasteiger partial charge in [0.1, 0.15) is 6.04 Å². The Morgan fingerprint density at radius 2 is 1.38 bits per heavy atom. The highest BCUT2D eigenvalue weighted by atomic mass is 127. The van der Waals surface area contributed by atoms with Crippen LogP contribution in [-0.4, -0.2) is 37.2 Å². The lowest BCUT2D eigenvalue weighted by Crippen LogP contribution is -3.00. The van der Waals surface area contributed by atoms with E-state index in [-0.39, 0.29) is 24.0 Å². The molecule has 0 saturated heterocycles. The van der Waals surface area contributed by atoms with Crippen LogP contribution in [-0.2, 0) is 0 Å². The van der Waals surface area contributed by atoms with Crippen molar-refractivity contribution in [1.29, 1.82) is 0 Å². The smallest absolute Gasteiger partial charge is 0.104 e. The van der Waals surface area contributed by atoms with Crippen LogP contribution >= 0.6 is 11.8 Å². The molecule has 24 heavy (non-hydrogen) atoms. The van der Waals surface area contributed by atoms with Gasteiger partial charge in [0.25, 0.3) is 0 Å². The number of halogens is 1. The first-order chi connectivity index (χ1) is 11.1. The number of quaternary nitrogens is 1. The molecular formula is C20H27IN2S. The van der Waals surface area contributed by atoms with Crippen LogP contribution in [0.25, 0.3) is 0 Å². The molecule has 1 aliphatic heterocycles. The molecule has 1 unspecified atom stereocenters. The Balaban J connectivity index is 0.00000208. The number of para-hydroxylation sites is 2. The lowest BCUT2D eigenvalue weighted by molar-refractivity contribution is -0.926. The fourth-order valence-electron chi connectivity index (χ4n) is 3.29. The Bertz CT molecular complexity index is 639. The van der Waals surface area contributed by atoms with Gasteiger partial charge in [-0.1, -0.05) is 36.0 Å². The second-order valence-electron chi connectivity index (χ2n) is 6.61. The highest BCUT2D eigenvalue weighted by Crippen LogP contribution is 2.47. The van der Waals surface area contributed by atoms with E-state index in [0.29, 0.717) is 6.04 Å². The maximum Gasteiger partial charge on any atom is 0.104 e. The van der Waals surface area contributed by atoms with Crippen LogP contribution in [0, 0.1) is 0 Å². The predicted octanol–water partition coefficient (Wildman–Crippen LogP) is 2.17. The maximum atomic E-state index is 2.52. The highest BCUT2D eigenvalue weighted by Gasteiger charge is 2.31. The normalized spacial score (nSPS) is 14.4. The highest BCUT2D eigenvalue weighted by molar-refractivity contribution is 7.99. The molecule has 0 N–H and O–H groups in total. The zero-order chi connectivity index (χ0) is 16.4. The molecule has 0 spiro atoms. The molecule has 0 radical (unpaired) electrons. The van der Waals surface area contributed by atoms with Gasteiger partial charge < -0.3 is 33.4 Å². The summed E-state index contributed by atoms with van der Waals surface area (Å²) >= 11 is 1.89. The molecule has 0 aromatic heterocycles. The molecule has 0 saturated carbocycles. The Morgan fingerprint density at radius 1 is 0.917 bits per heavy atom. The van der Waals surface area contributed by atoms with E-state index in [4.69, 9.17) is 0 Å². The van der Waals surface area contributed by atoms with E-state index in [9.17, 15) is 0 Å². The van der Waals surface area contributed by atoms with E-state index in [2.05, 4.69) is 81.2 Å². The Morgan fingerprint density at radius 3 is 1.83 bits per heavy atom. The third-order valence-electron chi connectivity index (χ3n) is 5.49. The quantitative estimate of drug-likeness (QED) is 0.504. The van der Waals surface area contributed by atoms with E-state index in [1.165, 1.54) is 34.3 Å². The number of likely N-dealkylation sites (N-methyl/N-ethyl adjacent to an activating group) is 1. The van der Waals surface area contributed by atoms with Crippen LogP contribution < -0.4 is 28.9 Å². The lowest BCUT2D eigenvalue weighted by atomic mass is 10.1. The van der Waals surface area contributed by atoms with Gasteiger partial charge in [0.2, 0.25) is 0 Å². The second-order valence-corrected chi connectivity index (χ2v) is 7.69. The molecule has 0 fully saturated rings. The van der Waals surface area contributed by atoms with E-state index < -0.39 is 0 Å². The first-order valence-electron chi connectivity index (χ1n) is 8.56. The van der Waals surface area contributed by atoms with Crippen LogP contribution in [0.15, 0.2) is 58.3 Å². The SMILES string of the molecule is CC[N+](C)(CC)C(C)CN1c2ccccc2Sc2ccccc21.[I-]. The molecule has 1 aliphatic rings. The maximum absolute atomic E-state index is 2.52. The fraction of sp³-hybridized carbons (Fsp3) is 0.400. The van der Waals surface area contributed by atoms with Gasteiger partial charge in [-0.05, 0) is 45.0 Å². The molecule has 1 heterocycles. The number of hydrogen-bond donors (Lipinski definition) is 0. The van der Waals surface area contributed by atoms with Crippen LogP contribution in [0.3, 0.4) is 0 Å². The molecule has 3 rings (SSSR count). The Labute approximate surface area is 167 Å². The van der Waals surface area contributed by atoms with Crippen molar-refractivity contribution in [3.63, 3.8) is 0 Å². The van der Waals surface area contributed by atoms with Crippen molar-refractivity contribution in [2.45, 2.75) is 36.6 Å². The summed E-state index contributed by atoms with van der Waals surface area (Å²) in [6, 6.07) is 18.1. The molecule has 0 amide bonds. The van der Waals surface area contributed by atoms with Gasteiger partial charge in [0.15, 0.2) is 0 Å². The largest absolute Gasteiger partial charge is 1.00 e. The van der Waals surface area contributed by atoms with Crippen molar-refractivity contribution in [3.8, 4) is 0 Å². The summed E-state index contributed by atoms with van der Waals surface area (Å²) in [5, 5.41) is 0. The van der Waals surface area contributed by atoms with E-state index in [1.807, 2.05) is 11.8 Å². The van der Waals surface area contributed by atoms with Gasteiger partial charge in [0.05, 0.1) is 38.1 Å². The average Bonchev–Trinajstić information content (AvgIpc) is 2.60. The number of benzene rings is 2. The summed E-state index contributed by atoms with van der Waals surface area (Å²) in [6.45, 7) is 10.4. The predicted molar refractivity (Wildman–Crippen MR) is 101 cm³/mol. The molecule has 1 atom stereocenters. The first-order valence-corrected chi connectivity index (χ1v) is 9.38. The van der Waals surface area contributed by atoms with Crippen LogP contribution in [0.5, 0.6) is 0 Å². The van der Waals surface area contributed by atoms with Crippen molar-refractivity contribution >= 4 is 23.1 Å². The van der Waals surface area contributed by atoms with E-state index in [1.54, 1.807) is 0 Å². The third kappa shape index (κ3) is 3.60. The van der Waals surface area contributed by atoms with Gasteiger partial charge in [-0.25, -0.2) is 0 Å². The van der Waals surface area contributed by atoms with E-state index in [0.717, 1.165) is 11.0 Å². The van der Waals surface area contributed by atoms with Crippen LogP contribution in [0.1, 0.15) is 20.8 Å². The minimum atomic E-state index is 0. The minimum absolute atomic E-state index is 0. The molecule has 2 aromatic rings. The zero-order valence-electron chi connectivity index (χ0n) is 15.0. The summed E-state index contributed by atoms with van der Waals surface area (Å²) in [7, 11) is 2.38. The molecule has 4 heteroatoms. The molecule has 2 aromatic carbocycles. The summed E-state index contributed by atoms with van der Waals surface area (Å²) in [5.41, 5.74) is 2.70. The van der Waals surface area contributed by atoms with Gasteiger partial charge in [-0.15, -0.1) is 0 Å². The Hall–Kier alpha value is -0.720. The third-order valence-corrected chi connectivity index (χ3v) is 6.62. The average molecular weight is 454 g/mol. The van der Waals surface area contributed by atoms with Gasteiger partial charge >= 0.3 is 0 Å². The topological polar surface area (TPSA) is 3.24 Å². The second kappa shape index (κ2) is 8.11. The fourth-order valence-corrected chi connectivity index (χ4v) is 4.38. The number of anilines is 2. The van der Waals surface area contributed by atoms with Crippen molar-refractivity contribution in [2.75, 3.05) is 31.6 Å². The van der Waals surface area contributed by atoms with Crippen LogP contribution in [0.4, 0.5) is 11.4 Å². The number of hydrogen-bond acceptors (Lipinski definition) is 2. The standard InChI is InChI=1S/C20H27N2S.HI/c1-5-22(4,6-2)16(3)15-21-17-11-7-9-13-19(17)23-20-14-10-8-12-18(20)21;/h7-14,16H,5-6,15H2,1-4H3;1H/q+1;/p-1. The van der Waals surface area contributed by atoms with Crippen molar-refractivity contribution in [1.82, 2.24) is 0 Å². The van der Waals surface area contributed by atoms with Gasteiger partial charge in [0, 0.05) is 9.79 Å². The Kier molecular flexibility index (Phi) is 6.62. The minimum Gasteiger partial charge on any atom is -1.00 e. The van der Waals surface area contributed by atoms with Gasteiger partial charge in [-0.2, -0.15) is 0 Å². The number of fused-ring (bicyclic) bond motifs is 2. The van der Waals surface area contributed by atoms with Gasteiger partial charge in [-0.3, -0.25) is 0 Å². The van der Waals surface area contributed by atoms with E-state index >= 15 is 0 Å². The molecule has 2 nitrogen and oxygen atoms in total.